The number of ether oxygens (including phenoxy) is 1. The zero-order valence-corrected chi connectivity index (χ0v) is 14.3. The molecule has 0 saturated carbocycles. The van der Waals surface area contributed by atoms with Gasteiger partial charge in [0, 0.05) is 37.3 Å². The van der Waals surface area contributed by atoms with Gasteiger partial charge in [-0.1, -0.05) is 0 Å². The highest BCUT2D eigenvalue weighted by molar-refractivity contribution is 5.85. The maximum atomic E-state index is 13.1. The van der Waals surface area contributed by atoms with Gasteiger partial charge in [-0.15, -0.1) is 0 Å². The molecule has 1 unspecified atom stereocenters. The van der Waals surface area contributed by atoms with E-state index in [1.54, 1.807) is 23.0 Å². The summed E-state index contributed by atoms with van der Waals surface area (Å²) in [6.45, 7) is 4.48. The van der Waals surface area contributed by atoms with Gasteiger partial charge < -0.3 is 15.2 Å². The molecule has 1 aromatic carbocycles. The van der Waals surface area contributed by atoms with Crippen molar-refractivity contribution in [2.45, 2.75) is 38.3 Å². The first-order valence-electron chi connectivity index (χ1n) is 8.32. The molecule has 0 radical (unpaired) electrons. The second-order valence-corrected chi connectivity index (χ2v) is 6.41. The molecule has 2 aromatic rings. The maximum absolute atomic E-state index is 13.1. The van der Waals surface area contributed by atoms with Crippen LogP contribution in [0.5, 0.6) is 0 Å². The molecule has 1 aliphatic heterocycles. The second-order valence-electron chi connectivity index (χ2n) is 6.41. The van der Waals surface area contributed by atoms with Gasteiger partial charge in [0.25, 0.3) is 5.91 Å². The van der Waals surface area contributed by atoms with Crippen LogP contribution in [-0.4, -0.2) is 39.6 Å². The molecule has 0 aliphatic carbocycles. The molecule has 1 atom stereocenters. The van der Waals surface area contributed by atoms with Crippen molar-refractivity contribution in [1.29, 1.82) is 0 Å². The summed E-state index contributed by atoms with van der Waals surface area (Å²) in [7, 11) is 0. The fourth-order valence-electron chi connectivity index (χ4n) is 3.03. The Labute approximate surface area is 145 Å². The molecule has 6 nitrogen and oxygen atoms in total. The Balaban J connectivity index is 1.75. The zero-order chi connectivity index (χ0) is 18.0. The van der Waals surface area contributed by atoms with E-state index in [9.17, 15) is 14.3 Å². The molecule has 0 bridgehead atoms. The number of hydrogen-bond acceptors (Lipinski definition) is 4. The lowest BCUT2D eigenvalue weighted by atomic mass is 9.93. The Morgan fingerprint density at radius 2 is 2.00 bits per heavy atom. The number of nitrogens with zero attached hydrogens (tertiary/aromatic N) is 2. The summed E-state index contributed by atoms with van der Waals surface area (Å²) in [4.78, 5) is 12.4. The molecular formula is C18H22FN3O3. The first-order valence-corrected chi connectivity index (χ1v) is 8.32. The fourth-order valence-corrected chi connectivity index (χ4v) is 3.03. The van der Waals surface area contributed by atoms with Crippen molar-refractivity contribution in [3.05, 3.63) is 47.5 Å². The number of aliphatic hydroxyl groups is 1. The predicted molar refractivity (Wildman–Crippen MR) is 89.8 cm³/mol. The van der Waals surface area contributed by atoms with Gasteiger partial charge >= 0.3 is 0 Å². The smallest absolute Gasteiger partial charge is 0.252 e. The largest absolute Gasteiger partial charge is 0.381 e. The Morgan fingerprint density at radius 3 is 2.64 bits per heavy atom. The van der Waals surface area contributed by atoms with Crippen LogP contribution in [0.25, 0.3) is 5.69 Å². The number of carbonyl (C=O) groups is 1. The van der Waals surface area contributed by atoms with E-state index in [0.717, 1.165) is 16.9 Å². The number of benzene rings is 1. The highest BCUT2D eigenvalue weighted by atomic mass is 19.1. The first-order chi connectivity index (χ1) is 11.9. The monoisotopic (exact) mass is 347 g/mol. The first kappa shape index (κ1) is 17.6. The van der Waals surface area contributed by atoms with Crippen LogP contribution in [-0.2, 0) is 9.53 Å². The highest BCUT2D eigenvalue weighted by Crippen LogP contribution is 2.24. The van der Waals surface area contributed by atoms with E-state index in [4.69, 9.17) is 4.74 Å². The Kier molecular flexibility index (Phi) is 4.87. The molecular weight excluding hydrogens is 325 g/mol. The van der Waals surface area contributed by atoms with E-state index in [-0.39, 0.29) is 11.9 Å². The molecule has 2 N–H and O–H groups in total. The molecule has 25 heavy (non-hydrogen) atoms. The number of halogens is 1. The summed E-state index contributed by atoms with van der Waals surface area (Å²) in [6, 6.07) is 5.73. The Bertz CT molecular complexity index is 751. The Hall–Kier alpha value is -2.25. The third kappa shape index (κ3) is 3.57. The minimum Gasteiger partial charge on any atom is -0.381 e. The highest BCUT2D eigenvalue weighted by Gasteiger charge is 2.38. The van der Waals surface area contributed by atoms with Crippen LogP contribution in [0.3, 0.4) is 0 Å². The third-order valence-electron chi connectivity index (χ3n) is 4.68. The van der Waals surface area contributed by atoms with Gasteiger partial charge in [-0.2, -0.15) is 5.10 Å². The standard InChI is InChI=1S/C18H22FN3O3/c1-12(21-17(23)18(24)7-9-25-10-8-18)16-11-20-22(13(16)2)15-5-3-14(19)4-6-15/h3-6,11-12,24H,7-10H2,1-2H3,(H,21,23). The van der Waals surface area contributed by atoms with Crippen LogP contribution in [0.4, 0.5) is 4.39 Å². The molecule has 134 valence electrons. The summed E-state index contributed by atoms with van der Waals surface area (Å²) >= 11 is 0. The number of aromatic nitrogens is 2. The lowest BCUT2D eigenvalue weighted by molar-refractivity contribution is -0.150. The quantitative estimate of drug-likeness (QED) is 0.887. The van der Waals surface area contributed by atoms with Crippen molar-refractivity contribution in [1.82, 2.24) is 15.1 Å². The van der Waals surface area contributed by atoms with Crippen LogP contribution in [0.15, 0.2) is 30.5 Å². The van der Waals surface area contributed by atoms with Crippen molar-refractivity contribution < 1.29 is 19.0 Å². The van der Waals surface area contributed by atoms with E-state index >= 15 is 0 Å². The summed E-state index contributed by atoms with van der Waals surface area (Å²) in [5.74, 6) is -0.698. The summed E-state index contributed by atoms with van der Waals surface area (Å²) < 4.78 is 20.0. The SMILES string of the molecule is Cc1c(C(C)NC(=O)C2(O)CCOCC2)cnn1-c1ccc(F)cc1. The second kappa shape index (κ2) is 6.93. The Morgan fingerprint density at radius 1 is 1.36 bits per heavy atom. The minimum absolute atomic E-state index is 0.291. The molecule has 1 aliphatic rings. The van der Waals surface area contributed by atoms with Gasteiger partial charge in [0.2, 0.25) is 0 Å². The van der Waals surface area contributed by atoms with Gasteiger partial charge in [-0.25, -0.2) is 9.07 Å². The van der Waals surface area contributed by atoms with Crippen molar-refractivity contribution >= 4 is 5.91 Å². The van der Waals surface area contributed by atoms with Crippen molar-refractivity contribution in [2.24, 2.45) is 0 Å². The molecule has 1 amide bonds. The predicted octanol–water partition coefficient (Wildman–Crippen LogP) is 2.04. The van der Waals surface area contributed by atoms with Gasteiger partial charge in [0.05, 0.1) is 17.9 Å². The normalized spacial score (nSPS) is 17.9. The lowest BCUT2D eigenvalue weighted by Gasteiger charge is -2.31. The van der Waals surface area contributed by atoms with Crippen LogP contribution in [0, 0.1) is 12.7 Å². The molecule has 3 rings (SSSR count). The summed E-state index contributed by atoms with van der Waals surface area (Å²) in [5.41, 5.74) is 1.05. The van der Waals surface area contributed by atoms with E-state index < -0.39 is 11.5 Å². The van der Waals surface area contributed by atoms with Gasteiger partial charge in [0.1, 0.15) is 11.4 Å². The summed E-state index contributed by atoms with van der Waals surface area (Å²) in [5, 5.41) is 17.7. The van der Waals surface area contributed by atoms with E-state index in [1.165, 1.54) is 12.1 Å². The molecule has 1 fully saturated rings. The molecule has 0 spiro atoms. The average molecular weight is 347 g/mol. The lowest BCUT2D eigenvalue weighted by Crippen LogP contribution is -2.50. The number of hydrogen-bond donors (Lipinski definition) is 2. The van der Waals surface area contributed by atoms with E-state index in [0.29, 0.717) is 26.1 Å². The molecule has 7 heteroatoms. The van der Waals surface area contributed by atoms with E-state index in [1.807, 2.05) is 13.8 Å². The molecule has 1 saturated heterocycles. The van der Waals surface area contributed by atoms with Gasteiger partial charge in [-0.3, -0.25) is 4.79 Å². The van der Waals surface area contributed by atoms with Gasteiger partial charge in [0.15, 0.2) is 0 Å². The van der Waals surface area contributed by atoms with Gasteiger partial charge in [-0.05, 0) is 38.1 Å². The topological polar surface area (TPSA) is 76.4 Å². The maximum Gasteiger partial charge on any atom is 0.252 e. The van der Waals surface area contributed by atoms with Crippen molar-refractivity contribution in [3.63, 3.8) is 0 Å². The fraction of sp³-hybridized carbons (Fsp3) is 0.444. The third-order valence-corrected chi connectivity index (χ3v) is 4.68. The molecule has 1 aromatic heterocycles. The number of nitrogens with one attached hydrogen (secondary N) is 1. The zero-order valence-electron chi connectivity index (χ0n) is 14.3. The van der Waals surface area contributed by atoms with Crippen molar-refractivity contribution in [2.75, 3.05) is 13.2 Å². The average Bonchev–Trinajstić information content (AvgIpc) is 2.98. The minimum atomic E-state index is -1.38. The number of amides is 1. The number of carbonyl (C=O) groups excluding carboxylic acids is 1. The van der Waals surface area contributed by atoms with Crippen LogP contribution >= 0.6 is 0 Å². The number of rotatable bonds is 4. The molecule has 2 heterocycles. The van der Waals surface area contributed by atoms with Crippen LogP contribution in [0.2, 0.25) is 0 Å². The van der Waals surface area contributed by atoms with Crippen LogP contribution in [0.1, 0.15) is 37.1 Å². The van der Waals surface area contributed by atoms with Crippen LogP contribution < -0.4 is 5.32 Å². The summed E-state index contributed by atoms with van der Waals surface area (Å²) in [6.07, 6.45) is 2.26. The van der Waals surface area contributed by atoms with E-state index in [2.05, 4.69) is 10.4 Å². The van der Waals surface area contributed by atoms with Crippen molar-refractivity contribution in [3.8, 4) is 5.69 Å².